The highest BCUT2D eigenvalue weighted by Crippen LogP contribution is 2.31. The summed E-state index contributed by atoms with van der Waals surface area (Å²) in [4.78, 5) is 52.6. The van der Waals surface area contributed by atoms with Gasteiger partial charge >= 0.3 is 17.6 Å². The van der Waals surface area contributed by atoms with Gasteiger partial charge < -0.3 is 14.2 Å². The summed E-state index contributed by atoms with van der Waals surface area (Å²) in [5.41, 5.74) is 2.68. The average molecular weight is 533 g/mol. The van der Waals surface area contributed by atoms with E-state index in [1.54, 1.807) is 60.7 Å². The summed E-state index contributed by atoms with van der Waals surface area (Å²) in [5.74, 6) is 1.74. The molecule has 0 radical (unpaired) electrons. The number of benzene rings is 2. The van der Waals surface area contributed by atoms with Gasteiger partial charge in [0, 0.05) is 12.6 Å². The van der Waals surface area contributed by atoms with Crippen molar-refractivity contribution >= 4 is 20.0 Å². The summed E-state index contributed by atoms with van der Waals surface area (Å²) in [6.45, 7) is 5.91. The van der Waals surface area contributed by atoms with Crippen LogP contribution in [-0.4, -0.2) is 48.4 Å². The van der Waals surface area contributed by atoms with E-state index in [0.29, 0.717) is 11.1 Å². The van der Waals surface area contributed by atoms with Crippen molar-refractivity contribution in [3.05, 3.63) is 104 Å². The molecule has 0 unspecified atom stereocenters. The average Bonchev–Trinajstić information content (AvgIpc) is 3.29. The van der Waals surface area contributed by atoms with E-state index < -0.39 is 49.7 Å². The van der Waals surface area contributed by atoms with E-state index in [0.717, 1.165) is 0 Å². The normalized spacial score (nSPS) is 18.8. The second-order valence-electron chi connectivity index (χ2n) is 9.85. The minimum absolute atomic E-state index is 0.0962. The van der Waals surface area contributed by atoms with Crippen molar-refractivity contribution in [3.8, 4) is 11.5 Å². The van der Waals surface area contributed by atoms with Crippen molar-refractivity contribution in [2.75, 3.05) is 6.61 Å². The molecule has 9 nitrogen and oxygen atoms in total. The zero-order valence-corrected chi connectivity index (χ0v) is 22.3. The molecule has 38 heavy (non-hydrogen) atoms. The van der Waals surface area contributed by atoms with Crippen LogP contribution in [0.2, 0.25) is 19.6 Å². The van der Waals surface area contributed by atoms with Crippen LogP contribution in [0.15, 0.2) is 76.4 Å². The van der Waals surface area contributed by atoms with Crippen LogP contribution >= 0.6 is 0 Å². The lowest BCUT2D eigenvalue weighted by atomic mass is 10.1. The first-order valence-corrected chi connectivity index (χ1v) is 15.6. The molecule has 1 aliphatic heterocycles. The largest absolute Gasteiger partial charge is 0.459 e. The Hall–Kier alpha value is -4.20. The molecular formula is C28H28N2O7Si. The van der Waals surface area contributed by atoms with Crippen LogP contribution < -0.4 is 11.2 Å². The Kier molecular flexibility index (Phi) is 8.10. The summed E-state index contributed by atoms with van der Waals surface area (Å²) in [5, 5.41) is 0. The van der Waals surface area contributed by atoms with Crippen molar-refractivity contribution in [2.24, 2.45) is 0 Å². The Bertz CT molecular complexity index is 1480. The molecule has 0 amide bonds. The number of rotatable bonds is 6. The molecule has 0 spiro atoms. The van der Waals surface area contributed by atoms with Crippen LogP contribution in [0.1, 0.15) is 38.9 Å². The molecule has 1 saturated heterocycles. The van der Waals surface area contributed by atoms with Gasteiger partial charge in [0.15, 0.2) is 0 Å². The highest BCUT2D eigenvalue weighted by atomic mass is 28.3. The van der Waals surface area contributed by atoms with Crippen LogP contribution in [-0.2, 0) is 14.2 Å². The van der Waals surface area contributed by atoms with Crippen molar-refractivity contribution in [3.63, 3.8) is 0 Å². The quantitative estimate of drug-likeness (QED) is 0.295. The second-order valence-corrected chi connectivity index (χ2v) is 14.6. The summed E-state index contributed by atoms with van der Waals surface area (Å²) in [6.07, 6.45) is -1.12. The predicted molar refractivity (Wildman–Crippen MR) is 142 cm³/mol. The van der Waals surface area contributed by atoms with Gasteiger partial charge in [-0.25, -0.2) is 14.4 Å². The number of carbonyl (C=O) groups excluding carboxylic acids is 2. The maximum absolute atomic E-state index is 12.8. The highest BCUT2D eigenvalue weighted by Gasteiger charge is 2.40. The van der Waals surface area contributed by atoms with E-state index >= 15 is 0 Å². The Balaban J connectivity index is 1.58. The molecule has 0 bridgehead atoms. The zero-order chi connectivity index (χ0) is 27.3. The molecule has 196 valence electrons. The minimum Gasteiger partial charge on any atom is -0.459 e. The molecule has 1 aromatic heterocycles. The highest BCUT2D eigenvalue weighted by molar-refractivity contribution is 6.83. The van der Waals surface area contributed by atoms with Crippen LogP contribution in [0.5, 0.6) is 0 Å². The fraction of sp³-hybridized carbons (Fsp3) is 0.286. The predicted octanol–water partition coefficient (Wildman–Crippen LogP) is 3.14. The van der Waals surface area contributed by atoms with E-state index in [4.69, 9.17) is 14.2 Å². The van der Waals surface area contributed by atoms with Gasteiger partial charge in [0.25, 0.3) is 5.56 Å². The van der Waals surface area contributed by atoms with E-state index in [9.17, 15) is 19.2 Å². The number of aromatic amines is 1. The molecule has 0 aliphatic carbocycles. The third kappa shape index (κ3) is 6.76. The van der Waals surface area contributed by atoms with Crippen molar-refractivity contribution in [1.82, 2.24) is 9.55 Å². The lowest BCUT2D eigenvalue weighted by Gasteiger charge is -2.19. The third-order valence-corrected chi connectivity index (χ3v) is 6.56. The minimum atomic E-state index is -1.79. The smallest absolute Gasteiger partial charge is 0.338 e. The van der Waals surface area contributed by atoms with Crippen molar-refractivity contribution in [1.29, 1.82) is 0 Å². The van der Waals surface area contributed by atoms with E-state index in [1.165, 1.54) is 10.8 Å². The summed E-state index contributed by atoms with van der Waals surface area (Å²) < 4.78 is 18.4. The van der Waals surface area contributed by atoms with Crippen LogP contribution in [0.25, 0.3) is 0 Å². The van der Waals surface area contributed by atoms with Gasteiger partial charge in [0.2, 0.25) is 0 Å². The molecule has 1 aliphatic rings. The van der Waals surface area contributed by atoms with Crippen LogP contribution in [0.3, 0.4) is 0 Å². The molecular weight excluding hydrogens is 504 g/mol. The second kappa shape index (κ2) is 11.5. The van der Waals surface area contributed by atoms with Crippen molar-refractivity contribution in [2.45, 2.75) is 44.5 Å². The summed E-state index contributed by atoms with van der Waals surface area (Å²) in [6, 6.07) is 16.9. The lowest BCUT2D eigenvalue weighted by Crippen LogP contribution is -2.34. The van der Waals surface area contributed by atoms with Crippen molar-refractivity contribution < 1.29 is 23.8 Å². The van der Waals surface area contributed by atoms with Gasteiger partial charge in [-0.15, -0.1) is 5.54 Å². The SMILES string of the molecule is C[Si](C)(C)C#Cc1cn([C@H]2C[C@H](OC(=O)c3ccccc3)[C@@H](COC(=O)c3ccccc3)O2)c(=O)[nH]c1=O. The van der Waals surface area contributed by atoms with Gasteiger partial charge in [-0.05, 0) is 24.3 Å². The monoisotopic (exact) mass is 532 g/mol. The fourth-order valence-electron chi connectivity index (χ4n) is 3.78. The number of H-pyrrole nitrogens is 1. The number of ether oxygens (including phenoxy) is 3. The molecule has 10 heteroatoms. The van der Waals surface area contributed by atoms with Gasteiger partial charge in [-0.3, -0.25) is 14.3 Å². The first-order valence-electron chi connectivity index (χ1n) is 12.1. The number of aromatic nitrogens is 2. The first kappa shape index (κ1) is 26.8. The molecule has 3 atom stereocenters. The number of nitrogens with one attached hydrogen (secondary N) is 1. The Labute approximate surface area is 220 Å². The van der Waals surface area contributed by atoms with Gasteiger partial charge in [0.1, 0.15) is 38.7 Å². The number of carbonyl (C=O) groups is 2. The molecule has 1 N–H and O–H groups in total. The Morgan fingerprint density at radius 3 is 2.21 bits per heavy atom. The van der Waals surface area contributed by atoms with Gasteiger partial charge in [-0.2, -0.15) is 0 Å². The van der Waals surface area contributed by atoms with Crippen LogP contribution in [0.4, 0.5) is 0 Å². The van der Waals surface area contributed by atoms with Crippen LogP contribution in [0, 0.1) is 11.5 Å². The molecule has 4 rings (SSSR count). The maximum atomic E-state index is 12.8. The van der Waals surface area contributed by atoms with Gasteiger partial charge in [-0.1, -0.05) is 62.0 Å². The number of esters is 2. The molecule has 2 aromatic carbocycles. The number of nitrogens with zero attached hydrogens (tertiary/aromatic N) is 1. The molecule has 0 saturated carbocycles. The Morgan fingerprint density at radius 1 is 1.00 bits per heavy atom. The third-order valence-electron chi connectivity index (χ3n) is 5.69. The number of hydrogen-bond donors (Lipinski definition) is 1. The van der Waals surface area contributed by atoms with E-state index in [2.05, 4.69) is 16.4 Å². The fourth-order valence-corrected chi connectivity index (χ4v) is 4.29. The lowest BCUT2D eigenvalue weighted by molar-refractivity contribution is -0.0582. The standard InChI is InChI=1S/C28H28N2O7Si/c1-38(2,3)15-14-21-17-30(28(34)29-25(21)31)24-16-22(37-27(33)20-12-8-5-9-13-20)23(36-24)18-35-26(32)19-10-6-4-7-11-19/h4-13,17,22-24H,16,18H2,1-3H3,(H,29,31,34)/t22-,23+,24+/m0/s1. The number of hydrogen-bond acceptors (Lipinski definition) is 7. The zero-order valence-electron chi connectivity index (χ0n) is 21.3. The topological polar surface area (TPSA) is 117 Å². The molecule has 3 aromatic rings. The van der Waals surface area contributed by atoms with E-state index in [-0.39, 0.29) is 18.6 Å². The Morgan fingerprint density at radius 2 is 1.61 bits per heavy atom. The maximum Gasteiger partial charge on any atom is 0.338 e. The molecule has 2 heterocycles. The van der Waals surface area contributed by atoms with Gasteiger partial charge in [0.05, 0.1) is 11.1 Å². The summed E-state index contributed by atoms with van der Waals surface area (Å²) >= 11 is 0. The molecule has 1 fully saturated rings. The first-order chi connectivity index (χ1) is 18.1. The summed E-state index contributed by atoms with van der Waals surface area (Å²) in [7, 11) is -1.79. The van der Waals surface area contributed by atoms with E-state index in [1.807, 2.05) is 19.6 Å².